The summed E-state index contributed by atoms with van der Waals surface area (Å²) in [5.41, 5.74) is 1.90. The maximum atomic E-state index is 12.5. The molecule has 112 valence electrons. The van der Waals surface area contributed by atoms with E-state index in [2.05, 4.69) is 0 Å². The highest BCUT2D eigenvalue weighted by atomic mass is 16.2. The number of hydrogen-bond donors (Lipinski definition) is 0. The van der Waals surface area contributed by atoms with Crippen molar-refractivity contribution < 1.29 is 14.4 Å². The van der Waals surface area contributed by atoms with Crippen LogP contribution in [-0.4, -0.2) is 28.9 Å². The van der Waals surface area contributed by atoms with Crippen LogP contribution in [0.15, 0.2) is 23.4 Å². The van der Waals surface area contributed by atoms with Crippen LogP contribution in [0.1, 0.15) is 39.5 Å². The zero-order valence-corrected chi connectivity index (χ0v) is 12.6. The summed E-state index contributed by atoms with van der Waals surface area (Å²) in [6.07, 6.45) is 6.38. The molecule has 1 aliphatic heterocycles. The summed E-state index contributed by atoms with van der Waals surface area (Å²) in [7, 11) is 0. The first-order chi connectivity index (χ1) is 9.99. The first kappa shape index (κ1) is 14.2. The third kappa shape index (κ3) is 2.37. The zero-order valence-electron chi connectivity index (χ0n) is 12.6. The van der Waals surface area contributed by atoms with Crippen molar-refractivity contribution in [3.8, 4) is 0 Å². The second-order valence-corrected chi connectivity index (χ2v) is 6.45. The van der Waals surface area contributed by atoms with Crippen LogP contribution in [0.3, 0.4) is 0 Å². The summed E-state index contributed by atoms with van der Waals surface area (Å²) in [6.45, 7) is 4.44. The van der Waals surface area contributed by atoms with Crippen molar-refractivity contribution in [2.45, 2.75) is 39.5 Å². The van der Waals surface area contributed by atoms with Crippen molar-refractivity contribution in [3.63, 3.8) is 0 Å². The van der Waals surface area contributed by atoms with Crippen molar-refractivity contribution >= 4 is 17.5 Å². The van der Waals surface area contributed by atoms with Crippen molar-refractivity contribution in [3.05, 3.63) is 23.4 Å². The highest BCUT2D eigenvalue weighted by molar-refractivity contribution is 5.99. The molecule has 0 aromatic carbocycles. The fraction of sp³-hybridized carbons (Fsp3) is 0.588. The molecule has 0 aromatic rings. The molecule has 1 heterocycles. The van der Waals surface area contributed by atoms with Gasteiger partial charge in [0.25, 0.3) is 0 Å². The van der Waals surface area contributed by atoms with Crippen LogP contribution in [0.2, 0.25) is 0 Å². The van der Waals surface area contributed by atoms with Crippen LogP contribution in [0, 0.1) is 17.8 Å². The zero-order chi connectivity index (χ0) is 15.1. The summed E-state index contributed by atoms with van der Waals surface area (Å²) in [4.78, 5) is 37.6. The molecule has 4 nitrogen and oxygen atoms in total. The van der Waals surface area contributed by atoms with Crippen molar-refractivity contribution in [1.29, 1.82) is 0 Å². The predicted octanol–water partition coefficient (Wildman–Crippen LogP) is 2.25. The van der Waals surface area contributed by atoms with Crippen LogP contribution in [-0.2, 0) is 14.4 Å². The normalized spacial score (nSPS) is 30.4. The van der Waals surface area contributed by atoms with E-state index in [0.29, 0.717) is 31.1 Å². The lowest BCUT2D eigenvalue weighted by atomic mass is 9.87. The van der Waals surface area contributed by atoms with E-state index in [1.165, 1.54) is 0 Å². The van der Waals surface area contributed by atoms with Gasteiger partial charge in [-0.15, -0.1) is 0 Å². The van der Waals surface area contributed by atoms with Crippen LogP contribution in [0.5, 0.6) is 0 Å². The maximum absolute atomic E-state index is 12.5. The number of ketones is 2. The van der Waals surface area contributed by atoms with Gasteiger partial charge in [0.1, 0.15) is 5.78 Å². The molecule has 0 N–H and O–H groups in total. The molecule has 0 saturated heterocycles. The van der Waals surface area contributed by atoms with E-state index in [4.69, 9.17) is 0 Å². The van der Waals surface area contributed by atoms with E-state index in [0.717, 1.165) is 24.1 Å². The molecule has 1 amide bonds. The average molecular weight is 287 g/mol. The van der Waals surface area contributed by atoms with E-state index in [-0.39, 0.29) is 23.5 Å². The standard InChI is InChI=1S/C17H21NO3/c1-10-14-7-8-15(20)11(2)16(14)18(17(10)21)9-12-3-5-13(19)6-4-12/h7-8,10-12H,3-6,9H2,1-2H3. The molecular formula is C17H21NO3. The molecule has 2 unspecified atom stereocenters. The second-order valence-electron chi connectivity index (χ2n) is 6.45. The Kier molecular flexibility index (Phi) is 3.56. The smallest absolute Gasteiger partial charge is 0.234 e. The van der Waals surface area contributed by atoms with Gasteiger partial charge in [-0.3, -0.25) is 14.4 Å². The van der Waals surface area contributed by atoms with E-state index < -0.39 is 0 Å². The number of Topliss-reactive ketones (excluding diaryl/α,β-unsaturated/α-hetero) is 1. The topological polar surface area (TPSA) is 54.5 Å². The Labute approximate surface area is 124 Å². The van der Waals surface area contributed by atoms with Crippen LogP contribution < -0.4 is 0 Å². The first-order valence-corrected chi connectivity index (χ1v) is 7.78. The monoisotopic (exact) mass is 287 g/mol. The number of hydrogen-bond acceptors (Lipinski definition) is 3. The van der Waals surface area contributed by atoms with Crippen molar-refractivity contribution in [1.82, 2.24) is 4.90 Å². The molecule has 1 saturated carbocycles. The summed E-state index contributed by atoms with van der Waals surface area (Å²) in [6, 6.07) is 0. The average Bonchev–Trinajstić information content (AvgIpc) is 2.71. The van der Waals surface area contributed by atoms with Crippen molar-refractivity contribution in [2.75, 3.05) is 6.54 Å². The van der Waals surface area contributed by atoms with Gasteiger partial charge in [0.2, 0.25) is 5.91 Å². The van der Waals surface area contributed by atoms with Crippen LogP contribution >= 0.6 is 0 Å². The molecule has 0 spiro atoms. The highest BCUT2D eigenvalue weighted by Gasteiger charge is 2.41. The van der Waals surface area contributed by atoms with Crippen molar-refractivity contribution in [2.24, 2.45) is 17.8 Å². The Hall–Kier alpha value is -1.71. The number of carbonyl (C=O) groups is 3. The third-order valence-electron chi connectivity index (χ3n) is 5.06. The van der Waals surface area contributed by atoms with Gasteiger partial charge in [0, 0.05) is 25.1 Å². The molecule has 4 heteroatoms. The van der Waals surface area contributed by atoms with E-state index in [9.17, 15) is 14.4 Å². The molecule has 0 aromatic heterocycles. The number of nitrogens with zero attached hydrogens (tertiary/aromatic N) is 1. The lowest BCUT2D eigenvalue weighted by Gasteiger charge is -2.30. The van der Waals surface area contributed by atoms with Gasteiger partial charge in [0.05, 0.1) is 11.8 Å². The van der Waals surface area contributed by atoms with Crippen LogP contribution in [0.25, 0.3) is 0 Å². The fourth-order valence-electron chi connectivity index (χ4n) is 3.66. The Bertz CT molecular complexity index is 563. The quantitative estimate of drug-likeness (QED) is 0.782. The molecular weight excluding hydrogens is 266 g/mol. The lowest BCUT2D eigenvalue weighted by Crippen LogP contribution is -2.37. The predicted molar refractivity (Wildman–Crippen MR) is 78.2 cm³/mol. The minimum atomic E-state index is -0.232. The Balaban J connectivity index is 1.82. The van der Waals surface area contributed by atoms with Gasteiger partial charge in [0.15, 0.2) is 5.78 Å². The van der Waals surface area contributed by atoms with Gasteiger partial charge in [-0.1, -0.05) is 6.08 Å². The Morgan fingerprint density at radius 3 is 2.38 bits per heavy atom. The number of rotatable bonds is 2. The van der Waals surface area contributed by atoms with E-state index in [1.807, 2.05) is 24.8 Å². The molecule has 3 aliphatic rings. The number of amides is 1. The summed E-state index contributed by atoms with van der Waals surface area (Å²) < 4.78 is 0. The largest absolute Gasteiger partial charge is 0.314 e. The highest BCUT2D eigenvalue weighted by Crippen LogP contribution is 2.39. The third-order valence-corrected chi connectivity index (χ3v) is 5.06. The maximum Gasteiger partial charge on any atom is 0.234 e. The summed E-state index contributed by atoms with van der Waals surface area (Å²) in [5, 5.41) is 0. The first-order valence-electron chi connectivity index (χ1n) is 7.78. The van der Waals surface area contributed by atoms with E-state index >= 15 is 0 Å². The summed E-state index contributed by atoms with van der Waals surface area (Å²) in [5.74, 6) is 0.485. The van der Waals surface area contributed by atoms with Gasteiger partial charge >= 0.3 is 0 Å². The minimum Gasteiger partial charge on any atom is -0.314 e. The lowest BCUT2D eigenvalue weighted by molar-refractivity contribution is -0.131. The molecule has 21 heavy (non-hydrogen) atoms. The fourth-order valence-corrected chi connectivity index (χ4v) is 3.66. The molecule has 0 radical (unpaired) electrons. The number of allylic oxidation sites excluding steroid dienone is 3. The molecule has 3 rings (SSSR count). The summed E-state index contributed by atoms with van der Waals surface area (Å²) >= 11 is 0. The van der Waals surface area contributed by atoms with Gasteiger partial charge < -0.3 is 4.90 Å². The second kappa shape index (κ2) is 5.24. The SMILES string of the molecule is CC1C(=O)N(CC2CCC(=O)CC2)C2=C1C=CC(=O)C2C. The molecule has 1 fully saturated rings. The van der Waals surface area contributed by atoms with Gasteiger partial charge in [-0.25, -0.2) is 0 Å². The van der Waals surface area contributed by atoms with Gasteiger partial charge in [-0.2, -0.15) is 0 Å². The van der Waals surface area contributed by atoms with E-state index in [1.54, 1.807) is 6.08 Å². The van der Waals surface area contributed by atoms with Crippen LogP contribution in [0.4, 0.5) is 0 Å². The Morgan fingerprint density at radius 1 is 1.05 bits per heavy atom. The Morgan fingerprint density at radius 2 is 1.71 bits per heavy atom. The number of carbonyl (C=O) groups excluding carboxylic acids is 3. The molecule has 0 bridgehead atoms. The molecule has 2 aliphatic carbocycles. The minimum absolute atomic E-state index is 0.0690. The molecule has 2 atom stereocenters. The van der Waals surface area contributed by atoms with Gasteiger partial charge in [-0.05, 0) is 44.3 Å².